The van der Waals surface area contributed by atoms with Crippen LogP contribution in [-0.4, -0.2) is 18.5 Å². The highest BCUT2D eigenvalue weighted by atomic mass is 16.5. The summed E-state index contributed by atoms with van der Waals surface area (Å²) in [6, 6.07) is 35.1. The number of ether oxygens (including phenoxy) is 2. The molecular weight excluding hydrogens is 414 g/mol. The Hall–Kier alpha value is -4.38. The predicted molar refractivity (Wildman–Crippen MR) is 127 cm³/mol. The predicted octanol–water partition coefficient (Wildman–Crippen LogP) is 5.79. The molecule has 164 valence electrons. The summed E-state index contributed by atoms with van der Waals surface area (Å²) < 4.78 is 11.3. The van der Waals surface area contributed by atoms with Gasteiger partial charge in [-0.05, 0) is 35.4 Å². The number of benzene rings is 4. The maximum atomic E-state index is 13.0. The maximum absolute atomic E-state index is 13.0. The number of carbonyl (C=O) groups excluding carboxylic acids is 2. The molecule has 0 aliphatic rings. The van der Waals surface area contributed by atoms with Crippen molar-refractivity contribution >= 4 is 17.6 Å². The Balaban J connectivity index is 1.43. The van der Waals surface area contributed by atoms with Crippen molar-refractivity contribution < 1.29 is 19.1 Å². The highest BCUT2D eigenvalue weighted by molar-refractivity contribution is 5.95. The fourth-order valence-corrected chi connectivity index (χ4v) is 3.44. The number of nitrogens with one attached hydrogen (secondary N) is 1. The molecule has 4 aromatic carbocycles. The van der Waals surface area contributed by atoms with Crippen LogP contribution in [0.3, 0.4) is 0 Å². The van der Waals surface area contributed by atoms with Gasteiger partial charge in [0.1, 0.15) is 11.7 Å². The molecule has 0 aromatic heterocycles. The van der Waals surface area contributed by atoms with E-state index in [-0.39, 0.29) is 0 Å². The highest BCUT2D eigenvalue weighted by Crippen LogP contribution is 2.29. The first-order valence-corrected chi connectivity index (χ1v) is 10.6. The maximum Gasteiger partial charge on any atom is 0.318 e. The smallest absolute Gasteiger partial charge is 0.318 e. The second-order valence-electron chi connectivity index (χ2n) is 7.32. The highest BCUT2D eigenvalue weighted by Gasteiger charge is 2.25. The molecule has 0 aliphatic carbocycles. The second kappa shape index (κ2) is 10.8. The lowest BCUT2D eigenvalue weighted by atomic mass is 9.91. The molecule has 4 rings (SSSR count). The first-order chi connectivity index (χ1) is 16.2. The molecule has 5 heteroatoms. The average Bonchev–Trinajstić information content (AvgIpc) is 2.86. The molecule has 0 heterocycles. The lowest BCUT2D eigenvalue weighted by molar-refractivity contribution is -0.147. The van der Waals surface area contributed by atoms with Gasteiger partial charge in [0.25, 0.3) is 5.91 Å². The Kier molecular flexibility index (Phi) is 7.13. The normalized spacial score (nSPS) is 10.5. The summed E-state index contributed by atoms with van der Waals surface area (Å²) in [7, 11) is 0. The zero-order chi connectivity index (χ0) is 22.9. The van der Waals surface area contributed by atoms with E-state index in [1.54, 1.807) is 18.2 Å². The Morgan fingerprint density at radius 3 is 1.79 bits per heavy atom. The molecule has 0 fully saturated rings. The van der Waals surface area contributed by atoms with Crippen LogP contribution in [0.2, 0.25) is 0 Å². The van der Waals surface area contributed by atoms with Crippen molar-refractivity contribution in [2.45, 2.75) is 5.92 Å². The molecule has 0 saturated heterocycles. The van der Waals surface area contributed by atoms with E-state index in [0.717, 1.165) is 11.1 Å². The minimum absolute atomic E-state index is 0.408. The molecule has 1 N–H and O–H groups in total. The van der Waals surface area contributed by atoms with Crippen LogP contribution in [0.1, 0.15) is 17.0 Å². The summed E-state index contributed by atoms with van der Waals surface area (Å²) in [5.41, 5.74) is 2.09. The average molecular weight is 437 g/mol. The number of anilines is 1. The van der Waals surface area contributed by atoms with Crippen molar-refractivity contribution in [3.05, 3.63) is 126 Å². The number of hydrogen-bond donors (Lipinski definition) is 1. The zero-order valence-electron chi connectivity index (χ0n) is 17.9. The van der Waals surface area contributed by atoms with Crippen LogP contribution in [-0.2, 0) is 14.3 Å². The number of hydrogen-bond acceptors (Lipinski definition) is 4. The summed E-state index contributed by atoms with van der Waals surface area (Å²) in [6.07, 6.45) is 0. The van der Waals surface area contributed by atoms with Crippen molar-refractivity contribution in [2.75, 3.05) is 11.9 Å². The zero-order valence-corrected chi connectivity index (χ0v) is 17.9. The quantitative estimate of drug-likeness (QED) is 0.354. The van der Waals surface area contributed by atoms with Crippen LogP contribution >= 0.6 is 0 Å². The van der Waals surface area contributed by atoms with E-state index in [1.807, 2.05) is 97.1 Å². The van der Waals surface area contributed by atoms with Crippen LogP contribution in [0.4, 0.5) is 5.69 Å². The molecule has 0 radical (unpaired) electrons. The van der Waals surface area contributed by atoms with E-state index in [9.17, 15) is 9.59 Å². The molecule has 0 aliphatic heterocycles. The monoisotopic (exact) mass is 437 g/mol. The topological polar surface area (TPSA) is 64.6 Å². The third-order valence-electron chi connectivity index (χ3n) is 4.98. The van der Waals surface area contributed by atoms with Crippen molar-refractivity contribution in [3.8, 4) is 11.5 Å². The van der Waals surface area contributed by atoms with Crippen molar-refractivity contribution in [1.82, 2.24) is 0 Å². The van der Waals surface area contributed by atoms with E-state index in [0.29, 0.717) is 17.2 Å². The number of carbonyl (C=O) groups is 2. The van der Waals surface area contributed by atoms with Crippen LogP contribution < -0.4 is 10.1 Å². The molecule has 0 spiro atoms. The minimum Gasteiger partial charge on any atom is -0.455 e. The molecule has 1 amide bonds. The van der Waals surface area contributed by atoms with Gasteiger partial charge in [0.2, 0.25) is 0 Å². The summed E-state index contributed by atoms with van der Waals surface area (Å²) in [5, 5.41) is 2.76. The first-order valence-electron chi connectivity index (χ1n) is 10.6. The second-order valence-corrected chi connectivity index (χ2v) is 7.32. The van der Waals surface area contributed by atoms with Gasteiger partial charge in [-0.1, -0.05) is 91.0 Å². The van der Waals surface area contributed by atoms with Crippen LogP contribution in [0.25, 0.3) is 0 Å². The van der Waals surface area contributed by atoms with E-state index < -0.39 is 24.4 Å². The van der Waals surface area contributed by atoms with Gasteiger partial charge in [0.15, 0.2) is 12.4 Å². The molecule has 0 bridgehead atoms. The number of amides is 1. The van der Waals surface area contributed by atoms with E-state index >= 15 is 0 Å². The Morgan fingerprint density at radius 1 is 0.667 bits per heavy atom. The minimum atomic E-state index is -0.617. The van der Waals surface area contributed by atoms with Gasteiger partial charge in [-0.25, -0.2) is 0 Å². The van der Waals surface area contributed by atoms with Crippen LogP contribution in [0, 0.1) is 0 Å². The Bertz CT molecular complexity index is 1150. The summed E-state index contributed by atoms with van der Waals surface area (Å²) in [5.74, 6) is -0.411. The van der Waals surface area contributed by atoms with Gasteiger partial charge in [-0.3, -0.25) is 9.59 Å². The number of esters is 1. The van der Waals surface area contributed by atoms with Gasteiger partial charge in [0, 0.05) is 0 Å². The van der Waals surface area contributed by atoms with E-state index in [4.69, 9.17) is 9.47 Å². The fraction of sp³-hybridized carbons (Fsp3) is 0.0714. The lowest BCUT2D eigenvalue weighted by Gasteiger charge is -2.17. The van der Waals surface area contributed by atoms with Crippen LogP contribution in [0.5, 0.6) is 11.5 Å². The number of para-hydroxylation sites is 3. The van der Waals surface area contributed by atoms with Crippen LogP contribution in [0.15, 0.2) is 115 Å². The van der Waals surface area contributed by atoms with Gasteiger partial charge < -0.3 is 14.8 Å². The molecule has 5 nitrogen and oxygen atoms in total. The van der Waals surface area contributed by atoms with Gasteiger partial charge in [-0.15, -0.1) is 0 Å². The summed E-state index contributed by atoms with van der Waals surface area (Å²) in [4.78, 5) is 25.6. The lowest BCUT2D eigenvalue weighted by Crippen LogP contribution is -2.24. The van der Waals surface area contributed by atoms with Crippen molar-refractivity contribution in [1.29, 1.82) is 0 Å². The van der Waals surface area contributed by atoms with E-state index in [2.05, 4.69) is 5.32 Å². The summed E-state index contributed by atoms with van der Waals surface area (Å²) in [6.45, 7) is -0.408. The molecule has 0 saturated carbocycles. The Morgan fingerprint density at radius 2 is 1.18 bits per heavy atom. The van der Waals surface area contributed by atoms with Gasteiger partial charge >= 0.3 is 5.97 Å². The molecule has 0 atom stereocenters. The summed E-state index contributed by atoms with van der Waals surface area (Å²) >= 11 is 0. The number of rotatable bonds is 8. The molecule has 0 unspecified atom stereocenters. The molecular formula is C28H23NO4. The van der Waals surface area contributed by atoms with Crippen molar-refractivity contribution in [2.24, 2.45) is 0 Å². The Labute approximate surface area is 192 Å². The molecule has 33 heavy (non-hydrogen) atoms. The SMILES string of the molecule is O=C(COC(=O)C(c1ccccc1)c1ccccc1)Nc1ccccc1Oc1ccccc1. The third-order valence-corrected chi connectivity index (χ3v) is 4.98. The van der Waals surface area contributed by atoms with Crippen molar-refractivity contribution in [3.63, 3.8) is 0 Å². The fourth-order valence-electron chi connectivity index (χ4n) is 3.44. The van der Waals surface area contributed by atoms with E-state index in [1.165, 1.54) is 0 Å². The standard InChI is InChI=1S/C28H23NO4/c30-26(29-24-18-10-11-19-25(24)33-23-16-8-3-9-17-23)20-32-28(31)27(21-12-4-1-5-13-21)22-14-6-2-7-15-22/h1-19,27H,20H2,(H,29,30). The van der Waals surface area contributed by atoms with Gasteiger partial charge in [0.05, 0.1) is 5.69 Å². The molecule has 4 aromatic rings. The van der Waals surface area contributed by atoms with Gasteiger partial charge in [-0.2, -0.15) is 0 Å². The largest absolute Gasteiger partial charge is 0.455 e. The first kappa shape index (κ1) is 21.8. The third kappa shape index (κ3) is 5.86.